The van der Waals surface area contributed by atoms with Gasteiger partial charge in [0, 0.05) is 17.9 Å². The number of fused-ring (bicyclic) bond motifs is 1. The summed E-state index contributed by atoms with van der Waals surface area (Å²) in [5.41, 5.74) is 3.80. The Morgan fingerprint density at radius 1 is 0.974 bits per heavy atom. The average Bonchev–Trinajstić information content (AvgIpc) is 2.90. The SMILES string of the molecule is CCCN(CCCCCCNCCc1cccc(S(C)(=O)=O)c1)C1CCc2c(ccc(OC)c2OC)C1.Cl.Cl. The number of hydrogen-bond acceptors (Lipinski definition) is 6. The Balaban J connectivity index is 0.00000380. The molecule has 1 unspecified atom stereocenters. The Morgan fingerprint density at radius 3 is 2.44 bits per heavy atom. The molecule has 0 bridgehead atoms. The van der Waals surface area contributed by atoms with Crippen molar-refractivity contribution in [2.45, 2.75) is 75.6 Å². The first-order valence-electron chi connectivity index (χ1n) is 13.8. The lowest BCUT2D eigenvalue weighted by Gasteiger charge is -2.36. The second-order valence-corrected chi connectivity index (χ2v) is 12.2. The number of ether oxygens (including phenoxy) is 2. The highest BCUT2D eigenvalue weighted by atomic mass is 35.5. The van der Waals surface area contributed by atoms with E-state index in [-0.39, 0.29) is 24.8 Å². The Morgan fingerprint density at radius 2 is 1.74 bits per heavy atom. The molecule has 3 rings (SSSR count). The van der Waals surface area contributed by atoms with E-state index >= 15 is 0 Å². The second-order valence-electron chi connectivity index (χ2n) is 10.2. The molecule has 6 nitrogen and oxygen atoms in total. The van der Waals surface area contributed by atoms with Crippen LogP contribution >= 0.6 is 24.8 Å². The van der Waals surface area contributed by atoms with Crippen LogP contribution in [0.2, 0.25) is 0 Å². The van der Waals surface area contributed by atoms with Gasteiger partial charge in [0.15, 0.2) is 21.3 Å². The molecule has 0 fully saturated rings. The quantitative estimate of drug-likeness (QED) is 0.241. The summed E-state index contributed by atoms with van der Waals surface area (Å²) >= 11 is 0. The van der Waals surface area contributed by atoms with E-state index in [1.807, 2.05) is 18.2 Å². The molecule has 1 aliphatic carbocycles. The molecule has 0 aromatic heterocycles. The van der Waals surface area contributed by atoms with Gasteiger partial charge in [0.2, 0.25) is 0 Å². The van der Waals surface area contributed by atoms with Crippen molar-refractivity contribution in [3.8, 4) is 11.5 Å². The van der Waals surface area contributed by atoms with E-state index < -0.39 is 9.84 Å². The van der Waals surface area contributed by atoms with E-state index in [1.165, 1.54) is 62.5 Å². The summed E-state index contributed by atoms with van der Waals surface area (Å²) in [5.74, 6) is 1.75. The van der Waals surface area contributed by atoms with Crippen LogP contribution in [0, 0.1) is 0 Å². The highest BCUT2D eigenvalue weighted by molar-refractivity contribution is 7.90. The molecule has 2 aromatic carbocycles. The first kappa shape index (κ1) is 35.5. The number of unbranched alkanes of at least 4 members (excludes halogenated alkanes) is 3. The highest BCUT2D eigenvalue weighted by Gasteiger charge is 2.27. The molecule has 222 valence electrons. The van der Waals surface area contributed by atoms with Crippen molar-refractivity contribution in [1.29, 1.82) is 0 Å². The molecule has 0 heterocycles. The zero-order valence-electron chi connectivity index (χ0n) is 24.0. The largest absolute Gasteiger partial charge is 0.493 e. The van der Waals surface area contributed by atoms with E-state index in [9.17, 15) is 8.42 Å². The number of sulfone groups is 1. The molecule has 2 aromatic rings. The van der Waals surface area contributed by atoms with Crippen LogP contribution in [0.1, 0.15) is 62.1 Å². The van der Waals surface area contributed by atoms with Crippen LogP contribution in [0.3, 0.4) is 0 Å². The van der Waals surface area contributed by atoms with Gasteiger partial charge in [0.25, 0.3) is 0 Å². The number of halogens is 2. The summed E-state index contributed by atoms with van der Waals surface area (Å²) in [4.78, 5) is 3.11. The van der Waals surface area contributed by atoms with Crippen molar-refractivity contribution in [2.75, 3.05) is 46.7 Å². The number of hydrogen-bond donors (Lipinski definition) is 1. The zero-order chi connectivity index (χ0) is 26.7. The van der Waals surface area contributed by atoms with Gasteiger partial charge in [0.1, 0.15) is 0 Å². The van der Waals surface area contributed by atoms with E-state index in [1.54, 1.807) is 26.4 Å². The predicted octanol–water partition coefficient (Wildman–Crippen LogP) is 5.91. The third-order valence-corrected chi connectivity index (χ3v) is 8.53. The van der Waals surface area contributed by atoms with Crippen molar-refractivity contribution >= 4 is 34.7 Å². The van der Waals surface area contributed by atoms with Crippen LogP contribution in [0.4, 0.5) is 0 Å². The minimum atomic E-state index is -3.14. The highest BCUT2D eigenvalue weighted by Crippen LogP contribution is 2.38. The van der Waals surface area contributed by atoms with Crippen LogP contribution in [0.15, 0.2) is 41.3 Å². The molecule has 0 amide bonds. The fraction of sp³-hybridized carbons (Fsp3) is 0.600. The third-order valence-electron chi connectivity index (χ3n) is 7.42. The van der Waals surface area contributed by atoms with Gasteiger partial charge in [-0.2, -0.15) is 0 Å². The molecule has 0 radical (unpaired) electrons. The van der Waals surface area contributed by atoms with Gasteiger partial charge in [-0.15, -0.1) is 24.8 Å². The number of benzene rings is 2. The fourth-order valence-electron chi connectivity index (χ4n) is 5.45. The molecule has 9 heteroatoms. The van der Waals surface area contributed by atoms with E-state index in [0.717, 1.165) is 56.0 Å². The summed E-state index contributed by atoms with van der Waals surface area (Å²) in [7, 11) is 0.302. The lowest BCUT2D eigenvalue weighted by Crippen LogP contribution is -2.40. The van der Waals surface area contributed by atoms with Crippen LogP contribution in [-0.2, 0) is 29.1 Å². The summed E-state index contributed by atoms with van der Waals surface area (Å²) in [6.07, 6.45) is 11.5. The van der Waals surface area contributed by atoms with Gasteiger partial charge >= 0.3 is 0 Å². The smallest absolute Gasteiger partial charge is 0.175 e. The van der Waals surface area contributed by atoms with E-state index in [2.05, 4.69) is 23.2 Å². The Hall–Kier alpha value is -1.51. The van der Waals surface area contributed by atoms with Gasteiger partial charge in [-0.05, 0) is 100 Å². The van der Waals surface area contributed by atoms with Crippen LogP contribution in [-0.4, -0.2) is 66.0 Å². The van der Waals surface area contributed by atoms with Gasteiger partial charge in [-0.1, -0.05) is 38.0 Å². The summed E-state index contributed by atoms with van der Waals surface area (Å²) in [5, 5.41) is 3.51. The van der Waals surface area contributed by atoms with Crippen LogP contribution in [0.25, 0.3) is 0 Å². The van der Waals surface area contributed by atoms with Gasteiger partial charge in [-0.3, -0.25) is 0 Å². The summed E-state index contributed by atoms with van der Waals surface area (Å²) in [6, 6.07) is 12.2. The average molecular weight is 604 g/mol. The normalized spacial score (nSPS) is 14.7. The van der Waals surface area contributed by atoms with E-state index in [4.69, 9.17) is 9.47 Å². The van der Waals surface area contributed by atoms with Crippen molar-refractivity contribution in [1.82, 2.24) is 10.2 Å². The van der Waals surface area contributed by atoms with Crippen LogP contribution < -0.4 is 14.8 Å². The fourth-order valence-corrected chi connectivity index (χ4v) is 6.14. The van der Waals surface area contributed by atoms with Crippen LogP contribution in [0.5, 0.6) is 11.5 Å². The Kier molecular flexibility index (Phi) is 16.4. The maximum atomic E-state index is 11.7. The van der Waals surface area contributed by atoms with Crippen molar-refractivity contribution in [3.63, 3.8) is 0 Å². The zero-order valence-corrected chi connectivity index (χ0v) is 26.5. The maximum absolute atomic E-state index is 11.7. The van der Waals surface area contributed by atoms with Crippen molar-refractivity contribution in [3.05, 3.63) is 53.1 Å². The standard InChI is InChI=1S/C30H46N2O4S.2ClH/c1-5-20-32(26-14-15-28-25(23-26)13-16-29(35-2)30(28)36-3)21-9-7-6-8-18-31-19-17-24-11-10-12-27(22-24)37(4,33)34;;/h10-13,16,22,26,31H,5-9,14-15,17-21,23H2,1-4H3;2*1H. The number of methoxy groups -OCH3 is 2. The minimum Gasteiger partial charge on any atom is -0.493 e. The maximum Gasteiger partial charge on any atom is 0.175 e. The molecule has 39 heavy (non-hydrogen) atoms. The Labute approximate surface area is 249 Å². The lowest BCUT2D eigenvalue weighted by molar-refractivity contribution is 0.175. The lowest BCUT2D eigenvalue weighted by atomic mass is 9.86. The third kappa shape index (κ3) is 10.8. The van der Waals surface area contributed by atoms with Crippen molar-refractivity contribution < 1.29 is 17.9 Å². The topological polar surface area (TPSA) is 67.9 Å². The first-order chi connectivity index (χ1) is 17.9. The predicted molar refractivity (Wildman–Crippen MR) is 166 cm³/mol. The number of rotatable bonds is 16. The van der Waals surface area contributed by atoms with Gasteiger partial charge in [-0.25, -0.2) is 8.42 Å². The number of nitrogens with zero attached hydrogens (tertiary/aromatic N) is 1. The second kappa shape index (κ2) is 18.0. The molecule has 1 N–H and O–H groups in total. The summed E-state index contributed by atoms with van der Waals surface area (Å²) in [6.45, 7) is 6.49. The van der Waals surface area contributed by atoms with Crippen molar-refractivity contribution in [2.24, 2.45) is 0 Å². The number of nitrogens with one attached hydrogen (secondary N) is 1. The van der Waals surface area contributed by atoms with E-state index in [0.29, 0.717) is 10.9 Å². The molecule has 1 aliphatic rings. The molecule has 0 spiro atoms. The summed E-state index contributed by atoms with van der Waals surface area (Å²) < 4.78 is 34.6. The first-order valence-corrected chi connectivity index (χ1v) is 15.7. The molecule has 1 atom stereocenters. The van der Waals surface area contributed by atoms with Gasteiger partial charge in [0.05, 0.1) is 19.1 Å². The monoisotopic (exact) mass is 602 g/mol. The molecule has 0 aliphatic heterocycles. The molecule has 0 saturated carbocycles. The van der Waals surface area contributed by atoms with Gasteiger partial charge < -0.3 is 19.7 Å². The molecule has 0 saturated heterocycles. The minimum absolute atomic E-state index is 0. The molecular formula is C30H48Cl2N2O4S. The Bertz CT molecular complexity index is 1100. The molecular weight excluding hydrogens is 555 g/mol.